The summed E-state index contributed by atoms with van der Waals surface area (Å²) in [5, 5.41) is 3.42. The minimum Gasteiger partial charge on any atom is -0.378 e. The van der Waals surface area contributed by atoms with Gasteiger partial charge in [0.1, 0.15) is 6.04 Å². The highest BCUT2D eigenvalue weighted by Crippen LogP contribution is 2.45. The lowest BCUT2D eigenvalue weighted by Crippen LogP contribution is -2.10. The first-order valence-electron chi connectivity index (χ1n) is 8.04. The molecule has 0 amide bonds. The minimum absolute atomic E-state index is 0.141. The van der Waals surface area contributed by atoms with Gasteiger partial charge in [0, 0.05) is 19.8 Å². The fourth-order valence-corrected chi connectivity index (χ4v) is 3.92. The zero-order valence-electron chi connectivity index (χ0n) is 13.0. The lowest BCUT2D eigenvalue weighted by atomic mass is 9.90. The molecule has 2 aliphatic rings. The molecular formula is C18H24N2O. The van der Waals surface area contributed by atoms with Crippen LogP contribution in [-0.2, 0) is 0 Å². The largest absolute Gasteiger partial charge is 0.378 e. The van der Waals surface area contributed by atoms with Gasteiger partial charge in [0.25, 0.3) is 0 Å². The SMILES string of the molecule is CN(C)c1cccc(C2=C(C3CCCC3)CCC2N=O)c1. The quantitative estimate of drug-likeness (QED) is 0.755. The van der Waals surface area contributed by atoms with E-state index in [1.165, 1.54) is 48.1 Å². The molecular weight excluding hydrogens is 260 g/mol. The van der Waals surface area contributed by atoms with Crippen molar-refractivity contribution < 1.29 is 0 Å². The first-order chi connectivity index (χ1) is 10.2. The maximum atomic E-state index is 11.3. The van der Waals surface area contributed by atoms with Crippen LogP contribution in [0.15, 0.2) is 35.0 Å². The Hall–Kier alpha value is -1.64. The van der Waals surface area contributed by atoms with E-state index in [4.69, 9.17) is 0 Å². The monoisotopic (exact) mass is 284 g/mol. The summed E-state index contributed by atoms with van der Waals surface area (Å²) in [5.74, 6) is 0.690. The minimum atomic E-state index is -0.141. The van der Waals surface area contributed by atoms with Gasteiger partial charge in [-0.1, -0.05) is 35.7 Å². The van der Waals surface area contributed by atoms with Gasteiger partial charge in [0.15, 0.2) is 0 Å². The molecule has 1 aromatic carbocycles. The second kappa shape index (κ2) is 6.00. The van der Waals surface area contributed by atoms with Gasteiger partial charge in [-0.3, -0.25) is 0 Å². The smallest absolute Gasteiger partial charge is 0.118 e. The molecule has 3 heteroatoms. The van der Waals surface area contributed by atoms with E-state index in [1.807, 2.05) is 0 Å². The third-order valence-electron chi connectivity index (χ3n) is 5.02. The molecule has 3 nitrogen and oxygen atoms in total. The number of anilines is 1. The zero-order valence-corrected chi connectivity index (χ0v) is 13.0. The van der Waals surface area contributed by atoms with E-state index in [2.05, 4.69) is 48.4 Å². The van der Waals surface area contributed by atoms with Gasteiger partial charge in [0.2, 0.25) is 0 Å². The van der Waals surface area contributed by atoms with Crippen molar-refractivity contribution in [3.63, 3.8) is 0 Å². The van der Waals surface area contributed by atoms with Crippen LogP contribution in [0.3, 0.4) is 0 Å². The molecule has 0 aliphatic heterocycles. The van der Waals surface area contributed by atoms with E-state index in [0.29, 0.717) is 5.92 Å². The molecule has 0 bridgehead atoms. The first-order valence-corrected chi connectivity index (χ1v) is 8.04. The van der Waals surface area contributed by atoms with Crippen LogP contribution in [0.25, 0.3) is 5.57 Å². The van der Waals surface area contributed by atoms with E-state index in [0.717, 1.165) is 12.8 Å². The normalized spacial score (nSPS) is 22.9. The molecule has 0 saturated heterocycles. The van der Waals surface area contributed by atoms with Crippen LogP contribution in [0, 0.1) is 10.8 Å². The second-order valence-electron chi connectivity index (χ2n) is 6.52. The molecule has 0 N–H and O–H groups in total. The Bertz CT molecular complexity index is 556. The Kier molecular flexibility index (Phi) is 4.09. The average molecular weight is 284 g/mol. The molecule has 3 rings (SSSR count). The number of allylic oxidation sites excluding steroid dienone is 1. The summed E-state index contributed by atoms with van der Waals surface area (Å²) in [7, 11) is 4.10. The van der Waals surface area contributed by atoms with Crippen molar-refractivity contribution in [2.75, 3.05) is 19.0 Å². The molecule has 1 unspecified atom stereocenters. The fraction of sp³-hybridized carbons (Fsp3) is 0.556. The molecule has 1 fully saturated rings. The Balaban J connectivity index is 2.03. The summed E-state index contributed by atoms with van der Waals surface area (Å²) in [6, 6.07) is 8.40. The Labute approximate surface area is 127 Å². The van der Waals surface area contributed by atoms with Crippen molar-refractivity contribution in [2.45, 2.75) is 44.6 Å². The molecule has 1 saturated carbocycles. The van der Waals surface area contributed by atoms with Crippen molar-refractivity contribution in [1.29, 1.82) is 0 Å². The van der Waals surface area contributed by atoms with Gasteiger partial charge in [-0.05, 0) is 54.9 Å². The lowest BCUT2D eigenvalue weighted by molar-refractivity contribution is 0.618. The van der Waals surface area contributed by atoms with Gasteiger partial charge in [-0.15, -0.1) is 0 Å². The van der Waals surface area contributed by atoms with Gasteiger partial charge in [0.05, 0.1) is 0 Å². The van der Waals surface area contributed by atoms with E-state index < -0.39 is 0 Å². The number of rotatable bonds is 4. The molecule has 1 aromatic rings. The summed E-state index contributed by atoms with van der Waals surface area (Å²) >= 11 is 0. The standard InChI is InChI=1S/C18H24N2O/c1-20(2)15-9-5-8-14(12-15)18-16(10-11-17(18)19-21)13-6-3-4-7-13/h5,8-9,12-13,17H,3-4,6-7,10-11H2,1-2H3. The number of nitrogens with zero attached hydrogens (tertiary/aromatic N) is 2. The van der Waals surface area contributed by atoms with Gasteiger partial charge < -0.3 is 4.90 Å². The van der Waals surface area contributed by atoms with Crippen LogP contribution in [0.1, 0.15) is 44.1 Å². The molecule has 0 heterocycles. The summed E-state index contributed by atoms with van der Waals surface area (Å²) in [6.07, 6.45) is 7.20. The number of hydrogen-bond donors (Lipinski definition) is 0. The van der Waals surface area contributed by atoms with E-state index in [1.54, 1.807) is 0 Å². The van der Waals surface area contributed by atoms with E-state index in [-0.39, 0.29) is 6.04 Å². The van der Waals surface area contributed by atoms with Crippen molar-refractivity contribution in [3.8, 4) is 0 Å². The first kappa shape index (κ1) is 14.3. The van der Waals surface area contributed by atoms with Crippen LogP contribution in [0.4, 0.5) is 5.69 Å². The van der Waals surface area contributed by atoms with E-state index in [9.17, 15) is 4.91 Å². The highest BCUT2D eigenvalue weighted by atomic mass is 16.3. The highest BCUT2D eigenvalue weighted by Gasteiger charge is 2.32. The molecule has 0 spiro atoms. The maximum Gasteiger partial charge on any atom is 0.118 e. The predicted molar refractivity (Wildman–Crippen MR) is 88.5 cm³/mol. The fourth-order valence-electron chi connectivity index (χ4n) is 3.92. The van der Waals surface area contributed by atoms with Crippen molar-refractivity contribution in [1.82, 2.24) is 0 Å². The summed E-state index contributed by atoms with van der Waals surface area (Å²) < 4.78 is 0. The summed E-state index contributed by atoms with van der Waals surface area (Å²) in [6.45, 7) is 0. The van der Waals surface area contributed by atoms with E-state index >= 15 is 0 Å². The van der Waals surface area contributed by atoms with Gasteiger partial charge in [-0.2, -0.15) is 4.91 Å². The van der Waals surface area contributed by atoms with Gasteiger partial charge >= 0.3 is 0 Å². The third-order valence-corrected chi connectivity index (χ3v) is 5.02. The summed E-state index contributed by atoms with van der Waals surface area (Å²) in [4.78, 5) is 13.4. The van der Waals surface area contributed by atoms with Gasteiger partial charge in [-0.25, -0.2) is 0 Å². The maximum absolute atomic E-state index is 11.3. The molecule has 2 aliphatic carbocycles. The van der Waals surface area contributed by atoms with Crippen molar-refractivity contribution in [3.05, 3.63) is 40.3 Å². The third kappa shape index (κ3) is 2.74. The topological polar surface area (TPSA) is 32.7 Å². The highest BCUT2D eigenvalue weighted by molar-refractivity contribution is 5.77. The molecule has 0 aromatic heterocycles. The summed E-state index contributed by atoms with van der Waals surface area (Å²) in [5.41, 5.74) is 5.14. The Morgan fingerprint density at radius 1 is 1.14 bits per heavy atom. The number of benzene rings is 1. The molecule has 1 atom stereocenters. The predicted octanol–water partition coefficient (Wildman–Crippen LogP) is 4.63. The van der Waals surface area contributed by atoms with Crippen LogP contribution in [-0.4, -0.2) is 20.1 Å². The molecule has 0 radical (unpaired) electrons. The number of nitroso groups, excluding NO2 is 1. The zero-order chi connectivity index (χ0) is 14.8. The molecule has 112 valence electrons. The Morgan fingerprint density at radius 2 is 1.90 bits per heavy atom. The molecule has 21 heavy (non-hydrogen) atoms. The number of hydrogen-bond acceptors (Lipinski definition) is 3. The lowest BCUT2D eigenvalue weighted by Gasteiger charge is -2.18. The van der Waals surface area contributed by atoms with Crippen LogP contribution in [0.2, 0.25) is 0 Å². The second-order valence-corrected chi connectivity index (χ2v) is 6.52. The van der Waals surface area contributed by atoms with Crippen LogP contribution in [0.5, 0.6) is 0 Å². The van der Waals surface area contributed by atoms with Crippen molar-refractivity contribution >= 4 is 11.3 Å². The van der Waals surface area contributed by atoms with Crippen molar-refractivity contribution in [2.24, 2.45) is 11.1 Å². The van der Waals surface area contributed by atoms with Crippen LogP contribution < -0.4 is 4.90 Å². The Morgan fingerprint density at radius 3 is 2.57 bits per heavy atom. The van der Waals surface area contributed by atoms with Crippen LogP contribution >= 0.6 is 0 Å². The average Bonchev–Trinajstić information content (AvgIpc) is 3.15.